The minimum Gasteiger partial charge on any atom is -0.480 e. The number of likely N-dealkylation sites (N-methyl/N-ethyl adjacent to an activating group) is 1. The summed E-state index contributed by atoms with van der Waals surface area (Å²) in [4.78, 5) is 24.1. The molecule has 5 heteroatoms. The zero-order valence-corrected chi connectivity index (χ0v) is 10.3. The van der Waals surface area contributed by atoms with Crippen LogP contribution < -0.4 is 5.32 Å². The van der Waals surface area contributed by atoms with E-state index < -0.39 is 11.5 Å². The van der Waals surface area contributed by atoms with Gasteiger partial charge in [0, 0.05) is 12.6 Å². The Labute approximate surface area is 95.8 Å². The predicted octanol–water partition coefficient (Wildman–Crippen LogP) is 1.43. The summed E-state index contributed by atoms with van der Waals surface area (Å²) in [7, 11) is 1.51. The fourth-order valence-corrected chi connectivity index (χ4v) is 1.57. The van der Waals surface area contributed by atoms with Crippen molar-refractivity contribution >= 4 is 12.0 Å². The van der Waals surface area contributed by atoms with Crippen LogP contribution in [0.5, 0.6) is 0 Å². The van der Waals surface area contributed by atoms with Crippen LogP contribution >= 0.6 is 0 Å². The fraction of sp³-hybridized carbons (Fsp3) is 0.818. The highest BCUT2D eigenvalue weighted by atomic mass is 16.4. The van der Waals surface area contributed by atoms with Crippen LogP contribution in [0.2, 0.25) is 0 Å². The number of rotatable bonds is 3. The van der Waals surface area contributed by atoms with Gasteiger partial charge >= 0.3 is 12.0 Å². The van der Waals surface area contributed by atoms with E-state index in [1.165, 1.54) is 25.8 Å². The Hall–Kier alpha value is -1.26. The van der Waals surface area contributed by atoms with E-state index in [2.05, 4.69) is 5.32 Å². The zero-order valence-electron chi connectivity index (χ0n) is 10.3. The molecule has 2 N–H and O–H groups in total. The maximum atomic E-state index is 11.9. The van der Waals surface area contributed by atoms with Crippen LogP contribution in [0.25, 0.3) is 0 Å². The average Bonchev–Trinajstić information content (AvgIpc) is 2.13. The molecule has 1 saturated carbocycles. The minimum atomic E-state index is -1.19. The van der Waals surface area contributed by atoms with Crippen molar-refractivity contribution in [1.82, 2.24) is 10.2 Å². The van der Waals surface area contributed by atoms with Crippen molar-refractivity contribution in [1.29, 1.82) is 0 Å². The van der Waals surface area contributed by atoms with Crippen LogP contribution in [0.4, 0.5) is 4.79 Å². The highest BCUT2D eigenvalue weighted by molar-refractivity contribution is 5.85. The second-order valence-electron chi connectivity index (χ2n) is 5.27. The molecule has 1 fully saturated rings. The van der Waals surface area contributed by atoms with Gasteiger partial charge in [0.25, 0.3) is 0 Å². The molecule has 92 valence electrons. The molecule has 0 spiro atoms. The summed E-state index contributed by atoms with van der Waals surface area (Å²) in [5.41, 5.74) is -1.34. The topological polar surface area (TPSA) is 69.6 Å². The lowest BCUT2D eigenvalue weighted by Gasteiger charge is -2.42. The summed E-state index contributed by atoms with van der Waals surface area (Å²) in [5.74, 6) is -1.01. The van der Waals surface area contributed by atoms with E-state index in [9.17, 15) is 9.59 Å². The third-order valence-corrected chi connectivity index (χ3v) is 3.53. The van der Waals surface area contributed by atoms with E-state index in [1.54, 1.807) is 0 Å². The van der Waals surface area contributed by atoms with Crippen molar-refractivity contribution in [2.24, 2.45) is 0 Å². The van der Waals surface area contributed by atoms with Gasteiger partial charge in [-0.3, -0.25) is 0 Å². The monoisotopic (exact) mass is 228 g/mol. The van der Waals surface area contributed by atoms with Crippen molar-refractivity contribution in [3.8, 4) is 0 Å². The van der Waals surface area contributed by atoms with Crippen molar-refractivity contribution in [2.75, 3.05) is 7.05 Å². The van der Waals surface area contributed by atoms with E-state index in [4.69, 9.17) is 5.11 Å². The van der Waals surface area contributed by atoms with Crippen LogP contribution in [0.3, 0.4) is 0 Å². The second-order valence-corrected chi connectivity index (χ2v) is 5.27. The number of hydrogen-bond acceptors (Lipinski definition) is 2. The molecular weight excluding hydrogens is 208 g/mol. The summed E-state index contributed by atoms with van der Waals surface area (Å²) in [5, 5.41) is 11.9. The fourth-order valence-electron chi connectivity index (χ4n) is 1.57. The number of carboxylic acids is 1. The smallest absolute Gasteiger partial charge is 0.329 e. The van der Waals surface area contributed by atoms with Crippen LogP contribution in [0, 0.1) is 0 Å². The lowest BCUT2D eigenvalue weighted by atomic mass is 9.79. The Balaban J connectivity index is 2.63. The first-order valence-electron chi connectivity index (χ1n) is 5.48. The molecule has 0 bridgehead atoms. The first-order chi connectivity index (χ1) is 7.19. The van der Waals surface area contributed by atoms with Crippen LogP contribution in [0.1, 0.15) is 40.0 Å². The third-order valence-electron chi connectivity index (χ3n) is 3.53. The Bertz CT molecular complexity index is 308. The number of carboxylic acid groups (broad SMARTS) is 1. The van der Waals surface area contributed by atoms with Gasteiger partial charge in [0.1, 0.15) is 5.54 Å². The van der Waals surface area contributed by atoms with Crippen molar-refractivity contribution in [3.05, 3.63) is 0 Å². The van der Waals surface area contributed by atoms with Gasteiger partial charge in [0.2, 0.25) is 0 Å². The SMILES string of the molecule is CN(C(=O)NC1(C)CCC1)C(C)(C)C(=O)O. The standard InChI is InChI=1S/C11H20N2O3/c1-10(2,8(14)15)13(4)9(16)12-11(3)6-5-7-11/h5-7H2,1-4H3,(H,12,16)(H,14,15). The molecule has 0 atom stereocenters. The first kappa shape index (κ1) is 12.8. The Kier molecular flexibility index (Phi) is 3.17. The van der Waals surface area contributed by atoms with Gasteiger partial charge < -0.3 is 15.3 Å². The highest BCUT2D eigenvalue weighted by Gasteiger charge is 2.39. The van der Waals surface area contributed by atoms with Crippen molar-refractivity contribution in [2.45, 2.75) is 51.1 Å². The van der Waals surface area contributed by atoms with Crippen molar-refractivity contribution in [3.63, 3.8) is 0 Å². The number of aliphatic carboxylic acids is 1. The van der Waals surface area contributed by atoms with Gasteiger partial charge in [0.15, 0.2) is 0 Å². The number of hydrogen-bond donors (Lipinski definition) is 2. The second kappa shape index (κ2) is 3.96. The summed E-state index contributed by atoms with van der Waals surface area (Å²) < 4.78 is 0. The Morgan fingerprint density at radius 1 is 1.38 bits per heavy atom. The van der Waals surface area contributed by atoms with Gasteiger partial charge in [0.05, 0.1) is 0 Å². The van der Waals surface area contributed by atoms with E-state index in [0.717, 1.165) is 19.3 Å². The summed E-state index contributed by atoms with van der Waals surface area (Å²) in [6.07, 6.45) is 3.03. The maximum Gasteiger partial charge on any atom is 0.329 e. The molecule has 1 aliphatic rings. The van der Waals surface area contributed by atoms with E-state index in [0.29, 0.717) is 0 Å². The van der Waals surface area contributed by atoms with Gasteiger partial charge in [-0.05, 0) is 40.0 Å². The molecule has 0 radical (unpaired) electrons. The lowest BCUT2D eigenvalue weighted by molar-refractivity contribution is -0.147. The molecule has 0 unspecified atom stereocenters. The third kappa shape index (κ3) is 2.28. The summed E-state index contributed by atoms with van der Waals surface area (Å²) >= 11 is 0. The maximum absolute atomic E-state index is 11.9. The average molecular weight is 228 g/mol. The zero-order chi connectivity index (χ0) is 12.6. The number of amides is 2. The molecule has 5 nitrogen and oxygen atoms in total. The minimum absolute atomic E-state index is 0.153. The molecule has 0 heterocycles. The largest absolute Gasteiger partial charge is 0.480 e. The summed E-state index contributed by atoms with van der Waals surface area (Å²) in [6.45, 7) is 5.01. The first-order valence-corrected chi connectivity index (χ1v) is 5.48. The molecule has 1 rings (SSSR count). The molecular formula is C11H20N2O3. The highest BCUT2D eigenvalue weighted by Crippen LogP contribution is 2.31. The molecule has 0 aromatic rings. The number of carbonyl (C=O) groups excluding carboxylic acids is 1. The lowest BCUT2D eigenvalue weighted by Crippen LogP contribution is -2.60. The Morgan fingerprint density at radius 3 is 2.19 bits per heavy atom. The van der Waals surface area contributed by atoms with Gasteiger partial charge in [-0.25, -0.2) is 9.59 Å². The number of nitrogens with zero attached hydrogens (tertiary/aromatic N) is 1. The molecule has 0 saturated heterocycles. The van der Waals surface area contributed by atoms with Crippen LogP contribution in [0.15, 0.2) is 0 Å². The normalized spacial score (nSPS) is 18.5. The molecule has 0 aromatic heterocycles. The van der Waals surface area contributed by atoms with Crippen molar-refractivity contribution < 1.29 is 14.7 Å². The molecule has 16 heavy (non-hydrogen) atoms. The summed E-state index contributed by atoms with van der Waals surface area (Å²) in [6, 6.07) is -0.324. The quantitative estimate of drug-likeness (QED) is 0.767. The molecule has 0 aromatic carbocycles. The van der Waals surface area contributed by atoms with Crippen LogP contribution in [-0.2, 0) is 4.79 Å². The van der Waals surface area contributed by atoms with Gasteiger partial charge in [-0.15, -0.1) is 0 Å². The number of urea groups is 1. The van der Waals surface area contributed by atoms with Gasteiger partial charge in [-0.1, -0.05) is 0 Å². The van der Waals surface area contributed by atoms with Crippen LogP contribution in [-0.4, -0.2) is 40.1 Å². The molecule has 0 aliphatic heterocycles. The molecule has 1 aliphatic carbocycles. The van der Waals surface area contributed by atoms with E-state index >= 15 is 0 Å². The Morgan fingerprint density at radius 2 is 1.88 bits per heavy atom. The van der Waals surface area contributed by atoms with E-state index in [-0.39, 0.29) is 11.6 Å². The predicted molar refractivity (Wildman–Crippen MR) is 60.3 cm³/mol. The van der Waals surface area contributed by atoms with Gasteiger partial charge in [-0.2, -0.15) is 0 Å². The molecule has 2 amide bonds. The number of carbonyl (C=O) groups is 2. The van der Waals surface area contributed by atoms with E-state index in [1.807, 2.05) is 6.92 Å². The number of nitrogens with one attached hydrogen (secondary N) is 1.